The number of nitrogens with zero attached hydrogens (tertiary/aromatic N) is 1. The van der Waals surface area contributed by atoms with E-state index in [0.29, 0.717) is 16.9 Å². The van der Waals surface area contributed by atoms with Gasteiger partial charge in [0.15, 0.2) is 0 Å². The molecule has 1 aromatic carbocycles. The van der Waals surface area contributed by atoms with Crippen molar-refractivity contribution in [3.8, 4) is 0 Å². The van der Waals surface area contributed by atoms with Crippen molar-refractivity contribution >= 4 is 16.9 Å². The van der Waals surface area contributed by atoms with Crippen molar-refractivity contribution in [1.29, 1.82) is 0 Å². The number of aryl methyl sites for hydroxylation is 1. The fourth-order valence-corrected chi connectivity index (χ4v) is 1.78. The first-order valence-electron chi connectivity index (χ1n) is 6.42. The first kappa shape index (κ1) is 12.6. The average molecular weight is 246 g/mol. The normalized spacial score (nSPS) is 10.8. The van der Waals surface area contributed by atoms with Gasteiger partial charge in [-0.25, -0.2) is 4.79 Å². The zero-order valence-corrected chi connectivity index (χ0v) is 10.8. The van der Waals surface area contributed by atoms with E-state index >= 15 is 0 Å². The molecule has 0 spiro atoms. The van der Waals surface area contributed by atoms with E-state index in [2.05, 4.69) is 24.1 Å². The number of hydrogen-bond donors (Lipinski definition) is 1. The van der Waals surface area contributed by atoms with Crippen molar-refractivity contribution in [2.75, 3.05) is 11.9 Å². The Morgan fingerprint density at radius 1 is 1.33 bits per heavy atom. The molecule has 0 fully saturated rings. The van der Waals surface area contributed by atoms with E-state index in [1.807, 2.05) is 12.1 Å². The third-order valence-corrected chi connectivity index (χ3v) is 2.91. The summed E-state index contributed by atoms with van der Waals surface area (Å²) in [5.74, 6) is 0. The molecule has 1 heterocycles. The summed E-state index contributed by atoms with van der Waals surface area (Å²) >= 11 is 0. The number of anilines is 1. The number of benzene rings is 1. The Kier molecular flexibility index (Phi) is 3.97. The van der Waals surface area contributed by atoms with Crippen LogP contribution in [0.2, 0.25) is 0 Å². The van der Waals surface area contributed by atoms with Crippen LogP contribution < -0.4 is 10.9 Å². The van der Waals surface area contributed by atoms with Gasteiger partial charge in [-0.15, -0.1) is 0 Å². The predicted octanol–water partition coefficient (Wildman–Crippen LogP) is 2.96. The van der Waals surface area contributed by atoms with E-state index in [1.165, 1.54) is 5.56 Å². The lowest BCUT2D eigenvalue weighted by Gasteiger charge is -2.04. The molecule has 96 valence electrons. The maximum absolute atomic E-state index is 11.8. The molecule has 2 rings (SSSR count). The zero-order valence-electron chi connectivity index (χ0n) is 10.8. The van der Waals surface area contributed by atoms with Crippen LogP contribution in [0.15, 0.2) is 27.4 Å². The highest BCUT2D eigenvalue weighted by molar-refractivity contribution is 5.78. The number of nitrogens with one attached hydrogen (secondary N) is 1. The van der Waals surface area contributed by atoms with Crippen LogP contribution in [0.5, 0.6) is 0 Å². The van der Waals surface area contributed by atoms with Crippen molar-refractivity contribution in [3.63, 3.8) is 0 Å². The van der Waals surface area contributed by atoms with Crippen LogP contribution in [-0.4, -0.2) is 11.5 Å². The van der Waals surface area contributed by atoms with Gasteiger partial charge < -0.3 is 9.73 Å². The molecule has 1 N–H and O–H groups in total. The highest BCUT2D eigenvalue weighted by Gasteiger charge is 2.06. The molecular formula is C14H18N2O2. The highest BCUT2D eigenvalue weighted by atomic mass is 16.4. The largest absolute Gasteiger partial charge is 0.389 e. The van der Waals surface area contributed by atoms with E-state index < -0.39 is 0 Å². The number of fused-ring (bicyclic) bond motifs is 1. The number of aromatic nitrogens is 1. The molecule has 0 radical (unpaired) electrons. The number of hydrogen-bond acceptors (Lipinski definition) is 4. The van der Waals surface area contributed by atoms with E-state index in [1.54, 1.807) is 6.07 Å². The minimum absolute atomic E-state index is 0.314. The lowest BCUT2D eigenvalue weighted by Crippen LogP contribution is -2.09. The van der Waals surface area contributed by atoms with Gasteiger partial charge in [0, 0.05) is 6.54 Å². The molecule has 0 aliphatic carbocycles. The van der Waals surface area contributed by atoms with Gasteiger partial charge in [0.25, 0.3) is 6.01 Å². The zero-order chi connectivity index (χ0) is 13.0. The molecule has 2 aromatic rings. The Labute approximate surface area is 106 Å². The minimum atomic E-state index is -0.332. The predicted molar refractivity (Wildman–Crippen MR) is 73.1 cm³/mol. The Bertz CT molecular complexity index is 590. The summed E-state index contributed by atoms with van der Waals surface area (Å²) in [6, 6.07) is 5.97. The van der Waals surface area contributed by atoms with Gasteiger partial charge in [-0.3, -0.25) is 0 Å². The molecule has 4 nitrogen and oxygen atoms in total. The SMILES string of the molecule is CCCCNc1nc2cc(CC)ccc2c(=O)o1. The van der Waals surface area contributed by atoms with E-state index in [9.17, 15) is 4.79 Å². The molecule has 18 heavy (non-hydrogen) atoms. The first-order chi connectivity index (χ1) is 8.74. The lowest BCUT2D eigenvalue weighted by molar-refractivity contribution is 0.515. The number of unbranched alkanes of at least 4 members (excludes halogenated alkanes) is 1. The van der Waals surface area contributed by atoms with Crippen molar-refractivity contribution in [3.05, 3.63) is 34.2 Å². The van der Waals surface area contributed by atoms with Crippen LogP contribution in [0.3, 0.4) is 0 Å². The van der Waals surface area contributed by atoms with Gasteiger partial charge in [-0.1, -0.05) is 26.3 Å². The van der Waals surface area contributed by atoms with E-state index in [-0.39, 0.29) is 5.63 Å². The van der Waals surface area contributed by atoms with Crippen molar-refractivity contribution in [1.82, 2.24) is 4.98 Å². The molecular weight excluding hydrogens is 228 g/mol. The Morgan fingerprint density at radius 2 is 2.17 bits per heavy atom. The van der Waals surface area contributed by atoms with Gasteiger partial charge >= 0.3 is 5.63 Å². The van der Waals surface area contributed by atoms with Gasteiger partial charge in [0.2, 0.25) is 0 Å². The molecule has 0 amide bonds. The molecule has 0 unspecified atom stereocenters. The van der Waals surface area contributed by atoms with Crippen LogP contribution >= 0.6 is 0 Å². The Morgan fingerprint density at radius 3 is 2.89 bits per heavy atom. The summed E-state index contributed by atoms with van der Waals surface area (Å²) in [6.07, 6.45) is 3.04. The number of rotatable bonds is 5. The molecule has 0 aliphatic rings. The van der Waals surface area contributed by atoms with Crippen LogP contribution in [0.4, 0.5) is 6.01 Å². The molecule has 0 saturated heterocycles. The van der Waals surface area contributed by atoms with Crippen LogP contribution in [0.25, 0.3) is 10.9 Å². The molecule has 0 saturated carbocycles. The van der Waals surface area contributed by atoms with Gasteiger partial charge in [-0.05, 0) is 30.5 Å². The molecule has 4 heteroatoms. The average Bonchev–Trinajstić information content (AvgIpc) is 2.38. The molecule has 1 aromatic heterocycles. The summed E-state index contributed by atoms with van der Waals surface area (Å²) in [6.45, 7) is 4.96. The standard InChI is InChI=1S/C14H18N2O2/c1-3-5-8-15-14-16-12-9-10(4-2)6-7-11(12)13(17)18-14/h6-7,9H,3-5,8H2,1-2H3,(H,15,16). The van der Waals surface area contributed by atoms with Crippen molar-refractivity contribution in [2.24, 2.45) is 0 Å². The minimum Gasteiger partial charge on any atom is -0.389 e. The second-order valence-corrected chi connectivity index (χ2v) is 4.29. The summed E-state index contributed by atoms with van der Waals surface area (Å²) in [4.78, 5) is 16.1. The second-order valence-electron chi connectivity index (χ2n) is 4.29. The topological polar surface area (TPSA) is 55.1 Å². The first-order valence-corrected chi connectivity index (χ1v) is 6.42. The van der Waals surface area contributed by atoms with E-state index in [4.69, 9.17) is 4.42 Å². The Balaban J connectivity index is 2.36. The summed E-state index contributed by atoms with van der Waals surface area (Å²) in [7, 11) is 0. The van der Waals surface area contributed by atoms with Crippen molar-refractivity contribution < 1.29 is 4.42 Å². The third-order valence-electron chi connectivity index (χ3n) is 2.91. The maximum Gasteiger partial charge on any atom is 0.348 e. The summed E-state index contributed by atoms with van der Waals surface area (Å²) in [5, 5.41) is 3.57. The second kappa shape index (κ2) is 5.67. The van der Waals surface area contributed by atoms with Crippen LogP contribution in [0.1, 0.15) is 32.3 Å². The van der Waals surface area contributed by atoms with Gasteiger partial charge in [0.05, 0.1) is 10.9 Å². The summed E-state index contributed by atoms with van der Waals surface area (Å²) < 4.78 is 5.13. The molecule has 0 bridgehead atoms. The third kappa shape index (κ3) is 2.70. The van der Waals surface area contributed by atoms with Gasteiger partial charge in [-0.2, -0.15) is 4.98 Å². The smallest absolute Gasteiger partial charge is 0.348 e. The fraction of sp³-hybridized carbons (Fsp3) is 0.429. The molecule has 0 aliphatic heterocycles. The monoisotopic (exact) mass is 246 g/mol. The fourth-order valence-electron chi connectivity index (χ4n) is 1.78. The lowest BCUT2D eigenvalue weighted by atomic mass is 10.1. The summed E-state index contributed by atoms with van der Waals surface area (Å²) in [5.41, 5.74) is 1.53. The maximum atomic E-state index is 11.8. The Hall–Kier alpha value is -1.84. The highest BCUT2D eigenvalue weighted by Crippen LogP contribution is 2.13. The van der Waals surface area contributed by atoms with Crippen LogP contribution in [0, 0.1) is 0 Å². The van der Waals surface area contributed by atoms with Crippen LogP contribution in [-0.2, 0) is 6.42 Å². The van der Waals surface area contributed by atoms with E-state index in [0.717, 1.165) is 25.8 Å². The quantitative estimate of drug-likeness (QED) is 0.824. The van der Waals surface area contributed by atoms with Crippen molar-refractivity contribution in [2.45, 2.75) is 33.1 Å². The molecule has 0 atom stereocenters. The van der Waals surface area contributed by atoms with Gasteiger partial charge in [0.1, 0.15) is 0 Å².